The monoisotopic (exact) mass is 390 g/mol. The highest BCUT2D eigenvalue weighted by molar-refractivity contribution is 6.04. The highest BCUT2D eigenvalue weighted by atomic mass is 16.3. The predicted octanol–water partition coefficient (Wildman–Crippen LogP) is 2.71. The molecule has 29 heavy (non-hydrogen) atoms. The van der Waals surface area contributed by atoms with Crippen molar-refractivity contribution < 1.29 is 19.1 Å². The Morgan fingerprint density at radius 3 is 2.62 bits per heavy atom. The molecule has 0 aliphatic heterocycles. The fourth-order valence-corrected chi connectivity index (χ4v) is 3.08. The summed E-state index contributed by atoms with van der Waals surface area (Å²) in [5.41, 5.74) is 7.85. The molecule has 2 amide bonds. The van der Waals surface area contributed by atoms with E-state index in [0.29, 0.717) is 22.2 Å². The summed E-state index contributed by atoms with van der Waals surface area (Å²) in [4.78, 5) is 28.4. The molecule has 8 heteroatoms. The van der Waals surface area contributed by atoms with Gasteiger partial charge < -0.3 is 19.8 Å². The summed E-state index contributed by atoms with van der Waals surface area (Å²) in [6, 6.07) is 15.5. The Morgan fingerprint density at radius 1 is 1.14 bits per heavy atom. The fourth-order valence-electron chi connectivity index (χ4n) is 3.08. The van der Waals surface area contributed by atoms with Crippen molar-refractivity contribution in [2.24, 2.45) is 5.73 Å². The number of primary amides is 1. The average molecular weight is 390 g/mol. The maximum atomic E-state index is 12.5. The second-order valence-corrected chi connectivity index (χ2v) is 6.51. The van der Waals surface area contributed by atoms with Crippen LogP contribution in [0.1, 0.15) is 32.4 Å². The van der Waals surface area contributed by atoms with Crippen LogP contribution in [-0.4, -0.2) is 26.5 Å². The summed E-state index contributed by atoms with van der Waals surface area (Å²) in [7, 11) is 0. The van der Waals surface area contributed by atoms with Crippen molar-refractivity contribution in [3.63, 3.8) is 0 Å². The lowest BCUT2D eigenvalue weighted by Crippen LogP contribution is -2.17. The quantitative estimate of drug-likeness (QED) is 0.467. The van der Waals surface area contributed by atoms with Crippen molar-refractivity contribution in [3.8, 4) is 0 Å². The van der Waals surface area contributed by atoms with Crippen molar-refractivity contribution in [3.05, 3.63) is 83.8 Å². The summed E-state index contributed by atoms with van der Waals surface area (Å²) in [6.45, 7) is 0.150. The molecule has 4 rings (SSSR count). The van der Waals surface area contributed by atoms with Crippen LogP contribution in [0.3, 0.4) is 0 Å². The number of carbonyl (C=O) groups excluding carboxylic acids is 2. The van der Waals surface area contributed by atoms with E-state index in [1.54, 1.807) is 22.8 Å². The van der Waals surface area contributed by atoms with Crippen LogP contribution in [-0.2, 0) is 6.54 Å². The van der Waals surface area contributed by atoms with Gasteiger partial charge in [0.15, 0.2) is 0 Å². The van der Waals surface area contributed by atoms with Crippen LogP contribution in [0.2, 0.25) is 0 Å². The van der Waals surface area contributed by atoms with Gasteiger partial charge in [-0.15, -0.1) is 0 Å². The molecule has 2 aromatic carbocycles. The average Bonchev–Trinajstić information content (AvgIpc) is 3.37. The Labute approximate surface area is 165 Å². The van der Waals surface area contributed by atoms with E-state index in [9.17, 15) is 14.7 Å². The van der Waals surface area contributed by atoms with E-state index in [0.717, 1.165) is 5.56 Å². The zero-order valence-corrected chi connectivity index (χ0v) is 15.3. The van der Waals surface area contributed by atoms with Gasteiger partial charge in [-0.25, -0.2) is 4.98 Å². The van der Waals surface area contributed by atoms with Crippen LogP contribution in [0.5, 0.6) is 0 Å². The third-order valence-electron chi connectivity index (χ3n) is 4.58. The normalized spacial score (nSPS) is 12.0. The summed E-state index contributed by atoms with van der Waals surface area (Å²) < 4.78 is 6.64. The van der Waals surface area contributed by atoms with E-state index in [-0.39, 0.29) is 12.5 Å². The first-order valence-corrected chi connectivity index (χ1v) is 8.89. The third-order valence-corrected chi connectivity index (χ3v) is 4.58. The molecule has 0 radical (unpaired) electrons. The van der Waals surface area contributed by atoms with E-state index >= 15 is 0 Å². The topological polar surface area (TPSA) is 123 Å². The number of nitrogens with two attached hydrogens (primary N) is 1. The summed E-state index contributed by atoms with van der Waals surface area (Å²) >= 11 is 0. The number of benzene rings is 2. The van der Waals surface area contributed by atoms with E-state index in [1.165, 1.54) is 18.6 Å². The number of furan rings is 1. The van der Waals surface area contributed by atoms with Gasteiger partial charge in [0.05, 0.1) is 35.5 Å². The largest absolute Gasteiger partial charge is 0.472 e. The molecule has 2 aromatic heterocycles. The number of hydrogen-bond acceptors (Lipinski definition) is 5. The Balaban J connectivity index is 1.74. The van der Waals surface area contributed by atoms with Gasteiger partial charge in [-0.3, -0.25) is 14.9 Å². The Hall–Kier alpha value is -3.91. The lowest BCUT2D eigenvalue weighted by molar-refractivity contribution is 0.0997. The van der Waals surface area contributed by atoms with Gasteiger partial charge in [0.1, 0.15) is 6.26 Å². The first-order chi connectivity index (χ1) is 14.0. The molecule has 0 aliphatic carbocycles. The second-order valence-electron chi connectivity index (χ2n) is 6.51. The number of fused-ring (bicyclic) bond motifs is 1. The van der Waals surface area contributed by atoms with Crippen LogP contribution in [0.15, 0.2) is 71.5 Å². The van der Waals surface area contributed by atoms with E-state index in [2.05, 4.69) is 10.3 Å². The number of anilines is 1. The maximum Gasteiger partial charge on any atom is 0.261 e. The summed E-state index contributed by atoms with van der Waals surface area (Å²) in [5, 5.41) is 13.4. The zero-order valence-electron chi connectivity index (χ0n) is 15.3. The summed E-state index contributed by atoms with van der Waals surface area (Å²) in [6.07, 6.45) is 1.90. The lowest BCUT2D eigenvalue weighted by atomic mass is 10.1. The van der Waals surface area contributed by atoms with Gasteiger partial charge in [0, 0.05) is 5.56 Å². The van der Waals surface area contributed by atoms with Crippen molar-refractivity contribution in [1.82, 2.24) is 9.55 Å². The molecule has 146 valence electrons. The van der Waals surface area contributed by atoms with Crippen molar-refractivity contribution in [2.75, 3.05) is 5.32 Å². The number of aromatic nitrogens is 2. The molecule has 0 saturated heterocycles. The highest BCUT2D eigenvalue weighted by Gasteiger charge is 2.19. The molecular formula is C21H18N4O4. The minimum absolute atomic E-state index is 0.150. The molecule has 0 unspecified atom stereocenters. The fraction of sp³-hybridized carbons (Fsp3) is 0.0952. The first-order valence-electron chi connectivity index (χ1n) is 8.89. The van der Waals surface area contributed by atoms with E-state index in [1.807, 2.05) is 30.3 Å². The van der Waals surface area contributed by atoms with Crippen LogP contribution in [0, 0.1) is 0 Å². The SMILES string of the molecule is NC(=O)c1ccc2c(c1)nc(NC(=O)c1ccoc1)n2C[C@@H](O)c1ccccc1. The molecule has 0 fully saturated rings. The van der Waals surface area contributed by atoms with Crippen LogP contribution in [0.4, 0.5) is 5.95 Å². The van der Waals surface area contributed by atoms with Crippen molar-refractivity contribution in [2.45, 2.75) is 12.6 Å². The van der Waals surface area contributed by atoms with Gasteiger partial charge in [0.25, 0.3) is 5.91 Å². The van der Waals surface area contributed by atoms with Gasteiger partial charge in [-0.05, 0) is 29.8 Å². The number of imidazole rings is 1. The molecule has 2 heterocycles. The van der Waals surface area contributed by atoms with Gasteiger partial charge >= 0.3 is 0 Å². The van der Waals surface area contributed by atoms with Crippen LogP contribution in [0.25, 0.3) is 11.0 Å². The van der Waals surface area contributed by atoms with Gasteiger partial charge in [0.2, 0.25) is 11.9 Å². The molecular weight excluding hydrogens is 372 g/mol. The zero-order chi connectivity index (χ0) is 20.4. The van der Waals surface area contributed by atoms with E-state index in [4.69, 9.17) is 10.2 Å². The molecule has 0 saturated carbocycles. The number of nitrogens with one attached hydrogen (secondary N) is 1. The van der Waals surface area contributed by atoms with Crippen molar-refractivity contribution in [1.29, 1.82) is 0 Å². The lowest BCUT2D eigenvalue weighted by Gasteiger charge is -2.15. The number of carbonyl (C=O) groups is 2. The Kier molecular flexibility index (Phi) is 4.84. The number of aliphatic hydroxyl groups excluding tert-OH is 1. The number of nitrogens with zero attached hydrogens (tertiary/aromatic N) is 2. The predicted molar refractivity (Wildman–Crippen MR) is 106 cm³/mol. The Morgan fingerprint density at radius 2 is 1.93 bits per heavy atom. The minimum Gasteiger partial charge on any atom is -0.472 e. The smallest absolute Gasteiger partial charge is 0.261 e. The molecule has 4 aromatic rings. The van der Waals surface area contributed by atoms with Crippen molar-refractivity contribution >= 4 is 28.8 Å². The van der Waals surface area contributed by atoms with Crippen LogP contribution < -0.4 is 11.1 Å². The standard InChI is InChI=1S/C21H18N4O4/c22-19(27)14-6-7-17-16(10-14)23-21(24-20(28)15-8-9-29-12-15)25(17)11-18(26)13-4-2-1-3-5-13/h1-10,12,18,26H,11H2,(H2,22,27)(H,23,24,28)/t18-/m1/s1. The Bertz CT molecular complexity index is 1170. The number of aliphatic hydroxyl groups is 1. The second kappa shape index (κ2) is 7.61. The number of hydrogen-bond donors (Lipinski definition) is 3. The van der Waals surface area contributed by atoms with Gasteiger partial charge in [-0.2, -0.15) is 0 Å². The van der Waals surface area contributed by atoms with Gasteiger partial charge in [-0.1, -0.05) is 30.3 Å². The summed E-state index contributed by atoms with van der Waals surface area (Å²) in [5.74, 6) is -0.739. The highest BCUT2D eigenvalue weighted by Crippen LogP contribution is 2.25. The number of amides is 2. The molecule has 1 atom stereocenters. The number of rotatable bonds is 6. The minimum atomic E-state index is -0.825. The first kappa shape index (κ1) is 18.5. The molecule has 0 bridgehead atoms. The molecule has 8 nitrogen and oxygen atoms in total. The molecule has 4 N–H and O–H groups in total. The molecule has 0 aliphatic rings. The van der Waals surface area contributed by atoms with Crippen LogP contribution >= 0.6 is 0 Å². The maximum absolute atomic E-state index is 12.5. The van der Waals surface area contributed by atoms with E-state index < -0.39 is 17.9 Å². The molecule has 0 spiro atoms. The third kappa shape index (κ3) is 3.74.